The molecule has 0 radical (unpaired) electrons. The number of aliphatic hydroxyl groups excluding tert-OH is 1. The molecule has 2 heterocycles. The van der Waals surface area contributed by atoms with Crippen LogP contribution in [0.15, 0.2) is 60.9 Å². The lowest BCUT2D eigenvalue weighted by Crippen LogP contribution is -2.29. The molecule has 31 heavy (non-hydrogen) atoms. The number of amides is 1. The number of aromatic amines is 1. The molecule has 0 saturated heterocycles. The third kappa shape index (κ3) is 4.41. The van der Waals surface area contributed by atoms with Crippen molar-refractivity contribution < 1.29 is 14.6 Å². The summed E-state index contributed by atoms with van der Waals surface area (Å²) < 4.78 is 5.28. The van der Waals surface area contributed by atoms with Gasteiger partial charge in [0.15, 0.2) is 0 Å². The monoisotopic (exact) mass is 416 g/mol. The smallest absolute Gasteiger partial charge is 0.270 e. The highest BCUT2D eigenvalue weighted by molar-refractivity contribution is 5.97. The van der Waals surface area contributed by atoms with Crippen LogP contribution in [0.1, 0.15) is 34.2 Å². The quantitative estimate of drug-likeness (QED) is 0.426. The van der Waals surface area contributed by atoms with Crippen molar-refractivity contribution in [2.45, 2.75) is 19.4 Å². The second-order valence-corrected chi connectivity index (χ2v) is 7.36. The fourth-order valence-electron chi connectivity index (χ4n) is 3.62. The summed E-state index contributed by atoms with van der Waals surface area (Å²) in [6.07, 6.45) is 3.87. The van der Waals surface area contributed by atoms with E-state index in [9.17, 15) is 9.90 Å². The van der Waals surface area contributed by atoms with Gasteiger partial charge in [-0.2, -0.15) is 5.10 Å². The van der Waals surface area contributed by atoms with Gasteiger partial charge in [0.2, 0.25) is 0 Å². The summed E-state index contributed by atoms with van der Waals surface area (Å²) in [7, 11) is 1.59. The van der Waals surface area contributed by atoms with Gasteiger partial charge in [-0.25, -0.2) is 0 Å². The third-order valence-corrected chi connectivity index (χ3v) is 5.31. The number of methoxy groups -OCH3 is 1. The van der Waals surface area contributed by atoms with Crippen molar-refractivity contribution >= 4 is 16.7 Å². The molecular weight excluding hydrogens is 392 g/mol. The van der Waals surface area contributed by atoms with Crippen LogP contribution in [0, 0.1) is 6.92 Å². The standard InChI is InChI=1S/C24H24N4O3/c1-15-21(14-26-28-15)16-6-7-18-13-25-23(12-19(18)10-16)24(30)27-22(8-9-29)17-4-3-5-20(11-17)31-2/h3-7,10-14,22,29H,8-9H2,1-2H3,(H,26,28)(H,27,30). The number of hydrogen-bond donors (Lipinski definition) is 3. The molecule has 1 amide bonds. The Kier molecular flexibility index (Phi) is 5.95. The second-order valence-electron chi connectivity index (χ2n) is 7.36. The predicted octanol–water partition coefficient (Wildman–Crippen LogP) is 3.80. The Morgan fingerprint density at radius 3 is 2.77 bits per heavy atom. The molecule has 0 fully saturated rings. The molecule has 0 bridgehead atoms. The van der Waals surface area contributed by atoms with Gasteiger partial charge in [-0.05, 0) is 54.1 Å². The Morgan fingerprint density at radius 1 is 1.16 bits per heavy atom. The van der Waals surface area contributed by atoms with Crippen LogP contribution in [-0.4, -0.2) is 39.9 Å². The predicted molar refractivity (Wildman–Crippen MR) is 119 cm³/mol. The van der Waals surface area contributed by atoms with Gasteiger partial charge in [-0.3, -0.25) is 14.9 Å². The van der Waals surface area contributed by atoms with Gasteiger partial charge in [0, 0.05) is 29.4 Å². The molecule has 0 aliphatic heterocycles. The zero-order chi connectivity index (χ0) is 21.8. The lowest BCUT2D eigenvalue weighted by Gasteiger charge is -2.19. The van der Waals surface area contributed by atoms with E-state index < -0.39 is 0 Å². The molecule has 0 saturated carbocycles. The number of nitrogens with zero attached hydrogens (tertiary/aromatic N) is 2. The molecule has 2 aromatic carbocycles. The highest BCUT2D eigenvalue weighted by Crippen LogP contribution is 2.26. The molecule has 0 aliphatic rings. The summed E-state index contributed by atoms with van der Waals surface area (Å²) in [6, 6.07) is 14.9. The number of carbonyl (C=O) groups is 1. The van der Waals surface area contributed by atoms with E-state index in [4.69, 9.17) is 4.74 Å². The summed E-state index contributed by atoms with van der Waals surface area (Å²) in [5.74, 6) is 0.397. The number of carbonyl (C=O) groups excluding carboxylic acids is 1. The highest BCUT2D eigenvalue weighted by atomic mass is 16.5. The van der Waals surface area contributed by atoms with Crippen LogP contribution in [-0.2, 0) is 0 Å². The van der Waals surface area contributed by atoms with Crippen LogP contribution in [0.4, 0.5) is 0 Å². The van der Waals surface area contributed by atoms with Crippen LogP contribution in [0.2, 0.25) is 0 Å². The van der Waals surface area contributed by atoms with E-state index in [1.165, 1.54) is 0 Å². The number of pyridine rings is 1. The molecule has 7 heteroatoms. The average molecular weight is 416 g/mol. The summed E-state index contributed by atoms with van der Waals surface area (Å²) >= 11 is 0. The SMILES string of the molecule is COc1cccc(C(CCO)NC(=O)c2cc3cc(-c4cn[nH]c4C)ccc3cn2)c1. The maximum Gasteiger partial charge on any atom is 0.270 e. The van der Waals surface area contributed by atoms with Crippen LogP contribution >= 0.6 is 0 Å². The molecule has 7 nitrogen and oxygen atoms in total. The number of hydrogen-bond acceptors (Lipinski definition) is 5. The normalized spacial score (nSPS) is 12.0. The molecule has 0 aliphatic carbocycles. The number of ether oxygens (including phenoxy) is 1. The van der Waals surface area contributed by atoms with E-state index in [-0.39, 0.29) is 18.6 Å². The topological polar surface area (TPSA) is 100 Å². The maximum absolute atomic E-state index is 13.0. The molecule has 0 spiro atoms. The summed E-state index contributed by atoms with van der Waals surface area (Å²) in [5.41, 5.74) is 4.20. The molecule has 2 aromatic heterocycles. The van der Waals surface area contributed by atoms with Crippen molar-refractivity contribution in [2.75, 3.05) is 13.7 Å². The van der Waals surface area contributed by atoms with E-state index in [1.54, 1.807) is 25.6 Å². The van der Waals surface area contributed by atoms with Gasteiger partial charge in [-0.1, -0.05) is 24.3 Å². The Labute approximate surface area is 180 Å². The lowest BCUT2D eigenvalue weighted by molar-refractivity contribution is 0.0925. The lowest BCUT2D eigenvalue weighted by atomic mass is 10.0. The molecule has 1 atom stereocenters. The third-order valence-electron chi connectivity index (χ3n) is 5.31. The van der Waals surface area contributed by atoms with E-state index >= 15 is 0 Å². The number of nitrogens with one attached hydrogen (secondary N) is 2. The summed E-state index contributed by atoms with van der Waals surface area (Å²) in [6.45, 7) is 1.92. The van der Waals surface area contributed by atoms with E-state index in [0.717, 1.165) is 33.2 Å². The van der Waals surface area contributed by atoms with Gasteiger partial charge < -0.3 is 15.2 Å². The van der Waals surface area contributed by atoms with Crippen LogP contribution in [0.25, 0.3) is 21.9 Å². The molecule has 3 N–H and O–H groups in total. The fraction of sp³-hybridized carbons (Fsp3) is 0.208. The van der Waals surface area contributed by atoms with Crippen molar-refractivity contribution in [1.82, 2.24) is 20.5 Å². The Balaban J connectivity index is 1.61. The first kappa shape index (κ1) is 20.6. The average Bonchev–Trinajstić information content (AvgIpc) is 3.23. The molecule has 4 rings (SSSR count). The number of H-pyrrole nitrogens is 1. The van der Waals surface area contributed by atoms with Crippen molar-refractivity contribution in [3.05, 3.63) is 77.9 Å². The first-order chi connectivity index (χ1) is 15.1. The Morgan fingerprint density at radius 2 is 2.03 bits per heavy atom. The number of fused-ring (bicyclic) bond motifs is 1. The molecule has 158 valence electrons. The number of rotatable bonds is 7. The minimum Gasteiger partial charge on any atom is -0.497 e. The maximum atomic E-state index is 13.0. The summed E-state index contributed by atoms with van der Waals surface area (Å²) in [5, 5.41) is 21.4. The summed E-state index contributed by atoms with van der Waals surface area (Å²) in [4.78, 5) is 17.3. The zero-order valence-corrected chi connectivity index (χ0v) is 17.4. The van der Waals surface area contributed by atoms with E-state index in [0.29, 0.717) is 17.9 Å². The van der Waals surface area contributed by atoms with Crippen molar-refractivity contribution in [3.63, 3.8) is 0 Å². The van der Waals surface area contributed by atoms with Gasteiger partial charge in [0.1, 0.15) is 11.4 Å². The van der Waals surface area contributed by atoms with E-state index in [2.05, 4.69) is 20.5 Å². The number of aliphatic hydroxyl groups is 1. The van der Waals surface area contributed by atoms with Crippen molar-refractivity contribution in [3.8, 4) is 16.9 Å². The van der Waals surface area contributed by atoms with E-state index in [1.807, 2.05) is 49.4 Å². The van der Waals surface area contributed by atoms with Gasteiger partial charge in [-0.15, -0.1) is 0 Å². The second kappa shape index (κ2) is 8.97. The highest BCUT2D eigenvalue weighted by Gasteiger charge is 2.17. The number of benzene rings is 2. The minimum absolute atomic E-state index is 0.0548. The van der Waals surface area contributed by atoms with Crippen LogP contribution < -0.4 is 10.1 Å². The number of aryl methyl sites for hydroxylation is 1. The Hall–Kier alpha value is -3.71. The minimum atomic E-state index is -0.356. The fourth-order valence-corrected chi connectivity index (χ4v) is 3.62. The van der Waals surface area contributed by atoms with Gasteiger partial charge >= 0.3 is 0 Å². The van der Waals surface area contributed by atoms with Crippen LogP contribution in [0.3, 0.4) is 0 Å². The number of aromatic nitrogens is 3. The zero-order valence-electron chi connectivity index (χ0n) is 17.4. The molecule has 4 aromatic rings. The van der Waals surface area contributed by atoms with Gasteiger partial charge in [0.25, 0.3) is 5.91 Å². The van der Waals surface area contributed by atoms with Crippen molar-refractivity contribution in [1.29, 1.82) is 0 Å². The first-order valence-corrected chi connectivity index (χ1v) is 10.0. The van der Waals surface area contributed by atoms with Crippen LogP contribution in [0.5, 0.6) is 5.75 Å². The van der Waals surface area contributed by atoms with Crippen molar-refractivity contribution in [2.24, 2.45) is 0 Å². The molecular formula is C24H24N4O3. The molecule has 1 unspecified atom stereocenters. The first-order valence-electron chi connectivity index (χ1n) is 10.0. The largest absolute Gasteiger partial charge is 0.497 e. The van der Waals surface area contributed by atoms with Gasteiger partial charge in [0.05, 0.1) is 19.3 Å². The Bertz CT molecular complexity index is 1220.